The maximum absolute atomic E-state index is 5.76. The number of aryl methyl sites for hydroxylation is 1. The molecular formula is C11H20N4O2. The normalized spacial score (nSPS) is 26.1. The van der Waals surface area contributed by atoms with Crippen LogP contribution in [0.2, 0.25) is 0 Å². The van der Waals surface area contributed by atoms with Crippen molar-refractivity contribution < 1.29 is 9.47 Å². The monoisotopic (exact) mass is 240 g/mol. The van der Waals surface area contributed by atoms with E-state index in [0.29, 0.717) is 5.92 Å². The Balaban J connectivity index is 2.31. The minimum atomic E-state index is -0.102. The van der Waals surface area contributed by atoms with Gasteiger partial charge in [0.15, 0.2) is 5.75 Å². The van der Waals surface area contributed by atoms with E-state index in [9.17, 15) is 0 Å². The zero-order valence-corrected chi connectivity index (χ0v) is 10.5. The van der Waals surface area contributed by atoms with E-state index in [4.69, 9.17) is 15.3 Å². The average Bonchev–Trinajstić information content (AvgIpc) is 2.89. The first kappa shape index (κ1) is 12.3. The van der Waals surface area contributed by atoms with Gasteiger partial charge < -0.3 is 9.47 Å². The number of hydrogen-bond acceptors (Lipinski definition) is 5. The lowest BCUT2D eigenvalue weighted by Gasteiger charge is -2.26. The Morgan fingerprint density at radius 1 is 1.71 bits per heavy atom. The van der Waals surface area contributed by atoms with Gasteiger partial charge in [0.25, 0.3) is 0 Å². The van der Waals surface area contributed by atoms with Crippen molar-refractivity contribution in [3.8, 4) is 5.75 Å². The van der Waals surface area contributed by atoms with Crippen molar-refractivity contribution in [3.05, 3.63) is 11.9 Å². The summed E-state index contributed by atoms with van der Waals surface area (Å²) in [5.74, 6) is 6.87. The van der Waals surface area contributed by atoms with Crippen LogP contribution in [0.3, 0.4) is 0 Å². The molecule has 0 saturated carbocycles. The highest BCUT2D eigenvalue weighted by atomic mass is 16.5. The highest BCUT2D eigenvalue weighted by Gasteiger charge is 2.35. The first-order valence-electron chi connectivity index (χ1n) is 5.82. The quantitative estimate of drug-likeness (QED) is 0.587. The predicted octanol–water partition coefficient (Wildman–Crippen LogP) is 0.358. The Morgan fingerprint density at radius 2 is 2.47 bits per heavy atom. The van der Waals surface area contributed by atoms with Crippen LogP contribution in [-0.2, 0) is 11.8 Å². The molecule has 3 atom stereocenters. The van der Waals surface area contributed by atoms with Crippen LogP contribution < -0.4 is 16.0 Å². The molecule has 1 saturated heterocycles. The molecule has 1 aliphatic heterocycles. The van der Waals surface area contributed by atoms with Gasteiger partial charge in [0.2, 0.25) is 0 Å². The number of methoxy groups -OCH3 is 1. The van der Waals surface area contributed by atoms with Crippen LogP contribution in [0.25, 0.3) is 0 Å². The molecule has 2 heterocycles. The van der Waals surface area contributed by atoms with Crippen LogP contribution >= 0.6 is 0 Å². The fraction of sp³-hybridized carbons (Fsp3) is 0.727. The molecule has 0 amide bonds. The zero-order chi connectivity index (χ0) is 12.4. The number of aromatic nitrogens is 2. The summed E-state index contributed by atoms with van der Waals surface area (Å²) in [6.07, 6.45) is 2.81. The molecular weight excluding hydrogens is 220 g/mol. The number of nitrogens with zero attached hydrogens (tertiary/aromatic N) is 2. The highest BCUT2D eigenvalue weighted by Crippen LogP contribution is 2.34. The Labute approximate surface area is 101 Å². The summed E-state index contributed by atoms with van der Waals surface area (Å²) in [5.41, 5.74) is 3.75. The number of rotatable bonds is 4. The molecule has 96 valence electrons. The van der Waals surface area contributed by atoms with E-state index in [1.165, 1.54) is 0 Å². The number of ether oxygens (including phenoxy) is 2. The van der Waals surface area contributed by atoms with Gasteiger partial charge in [-0.15, -0.1) is 0 Å². The van der Waals surface area contributed by atoms with Gasteiger partial charge in [-0.25, -0.2) is 5.43 Å². The van der Waals surface area contributed by atoms with Gasteiger partial charge >= 0.3 is 0 Å². The van der Waals surface area contributed by atoms with E-state index < -0.39 is 0 Å². The molecule has 2 rings (SSSR count). The van der Waals surface area contributed by atoms with Crippen molar-refractivity contribution in [2.75, 3.05) is 13.7 Å². The van der Waals surface area contributed by atoms with E-state index in [2.05, 4.69) is 17.4 Å². The summed E-state index contributed by atoms with van der Waals surface area (Å²) in [5, 5.41) is 4.19. The molecule has 1 aromatic rings. The van der Waals surface area contributed by atoms with Crippen molar-refractivity contribution in [3.63, 3.8) is 0 Å². The summed E-state index contributed by atoms with van der Waals surface area (Å²) in [7, 11) is 3.51. The smallest absolute Gasteiger partial charge is 0.161 e. The van der Waals surface area contributed by atoms with Crippen LogP contribution in [0.4, 0.5) is 0 Å². The number of hydrogen-bond donors (Lipinski definition) is 2. The molecule has 6 nitrogen and oxygen atoms in total. The molecule has 1 fully saturated rings. The molecule has 0 radical (unpaired) electrons. The standard InChI is InChI=1S/C11H20N4O2/c1-7-4-5-17-11(7)9(14-12)10-8(16-3)6-13-15(10)2/h6-7,9,11,14H,4-5,12H2,1-3H3. The maximum Gasteiger partial charge on any atom is 0.161 e. The van der Waals surface area contributed by atoms with E-state index in [-0.39, 0.29) is 12.1 Å². The van der Waals surface area contributed by atoms with Crippen LogP contribution in [0.5, 0.6) is 5.75 Å². The number of nitrogens with two attached hydrogens (primary N) is 1. The third-order valence-corrected chi connectivity index (χ3v) is 3.42. The Bertz CT molecular complexity index is 380. The van der Waals surface area contributed by atoms with Crippen LogP contribution in [0.15, 0.2) is 6.20 Å². The molecule has 17 heavy (non-hydrogen) atoms. The van der Waals surface area contributed by atoms with Crippen molar-refractivity contribution in [2.24, 2.45) is 18.8 Å². The summed E-state index contributed by atoms with van der Waals surface area (Å²) in [6.45, 7) is 2.95. The van der Waals surface area contributed by atoms with E-state index >= 15 is 0 Å². The van der Waals surface area contributed by atoms with Gasteiger partial charge in [-0.2, -0.15) is 5.10 Å². The molecule has 0 aliphatic carbocycles. The van der Waals surface area contributed by atoms with Crippen molar-refractivity contribution in [2.45, 2.75) is 25.5 Å². The number of nitrogens with one attached hydrogen (secondary N) is 1. The minimum Gasteiger partial charge on any atom is -0.493 e. The molecule has 1 aromatic heterocycles. The third kappa shape index (κ3) is 2.15. The molecule has 0 aromatic carbocycles. The van der Waals surface area contributed by atoms with E-state index in [1.807, 2.05) is 7.05 Å². The van der Waals surface area contributed by atoms with Gasteiger partial charge in [-0.1, -0.05) is 6.92 Å². The zero-order valence-electron chi connectivity index (χ0n) is 10.5. The van der Waals surface area contributed by atoms with Gasteiger partial charge in [0, 0.05) is 13.7 Å². The summed E-state index contributed by atoms with van der Waals surface area (Å²) in [6, 6.07) is -0.102. The fourth-order valence-corrected chi connectivity index (χ4v) is 2.41. The van der Waals surface area contributed by atoms with Gasteiger partial charge in [0.1, 0.15) is 5.69 Å². The van der Waals surface area contributed by atoms with Crippen LogP contribution in [-0.4, -0.2) is 29.6 Å². The Kier molecular flexibility index (Phi) is 3.66. The lowest BCUT2D eigenvalue weighted by molar-refractivity contribution is 0.0574. The second-order valence-electron chi connectivity index (χ2n) is 4.47. The first-order valence-corrected chi connectivity index (χ1v) is 5.82. The van der Waals surface area contributed by atoms with Crippen molar-refractivity contribution >= 4 is 0 Å². The summed E-state index contributed by atoms with van der Waals surface area (Å²) in [4.78, 5) is 0. The SMILES string of the molecule is COc1cnn(C)c1C(NN)C1OCCC1C. The number of hydrazine groups is 1. The first-order chi connectivity index (χ1) is 8.19. The molecule has 1 aliphatic rings. The highest BCUT2D eigenvalue weighted by molar-refractivity contribution is 5.29. The molecule has 0 bridgehead atoms. The Hall–Kier alpha value is -1.11. The Morgan fingerprint density at radius 3 is 3.00 bits per heavy atom. The van der Waals surface area contributed by atoms with E-state index in [1.54, 1.807) is 18.0 Å². The van der Waals surface area contributed by atoms with E-state index in [0.717, 1.165) is 24.5 Å². The summed E-state index contributed by atoms with van der Waals surface area (Å²) >= 11 is 0. The largest absolute Gasteiger partial charge is 0.493 e. The second kappa shape index (κ2) is 5.03. The van der Waals surface area contributed by atoms with Gasteiger partial charge in [0.05, 0.1) is 25.5 Å². The van der Waals surface area contributed by atoms with Crippen molar-refractivity contribution in [1.29, 1.82) is 0 Å². The summed E-state index contributed by atoms with van der Waals surface area (Å²) < 4.78 is 12.8. The molecule has 3 N–H and O–H groups in total. The second-order valence-corrected chi connectivity index (χ2v) is 4.47. The minimum absolute atomic E-state index is 0.0595. The lowest BCUT2D eigenvalue weighted by atomic mass is 9.95. The maximum atomic E-state index is 5.76. The van der Waals surface area contributed by atoms with Crippen LogP contribution in [0.1, 0.15) is 25.1 Å². The molecule has 0 spiro atoms. The predicted molar refractivity (Wildman–Crippen MR) is 63.3 cm³/mol. The molecule has 6 heteroatoms. The lowest BCUT2D eigenvalue weighted by Crippen LogP contribution is -2.40. The van der Waals surface area contributed by atoms with Crippen LogP contribution in [0, 0.1) is 5.92 Å². The fourth-order valence-electron chi connectivity index (χ4n) is 2.41. The third-order valence-electron chi connectivity index (χ3n) is 3.42. The van der Waals surface area contributed by atoms with Gasteiger partial charge in [-0.05, 0) is 12.3 Å². The van der Waals surface area contributed by atoms with Gasteiger partial charge in [-0.3, -0.25) is 10.5 Å². The van der Waals surface area contributed by atoms with Crippen molar-refractivity contribution in [1.82, 2.24) is 15.2 Å². The topological polar surface area (TPSA) is 74.3 Å². The average molecular weight is 240 g/mol. The molecule has 3 unspecified atom stereocenters.